The van der Waals surface area contributed by atoms with E-state index < -0.39 is 0 Å². The summed E-state index contributed by atoms with van der Waals surface area (Å²) in [5.74, 6) is 0.974. The number of aromatic nitrogens is 2. The van der Waals surface area contributed by atoms with Gasteiger partial charge < -0.3 is 18.0 Å². The highest BCUT2D eigenvalue weighted by molar-refractivity contribution is 6.23. The number of benzene rings is 7. The van der Waals surface area contributed by atoms with E-state index in [0.29, 0.717) is 11.8 Å². The monoisotopic (exact) mass is 752 g/mol. The normalized spacial score (nSPS) is 16.1. The molecule has 2 saturated carbocycles. The third-order valence-corrected chi connectivity index (χ3v) is 14.1. The van der Waals surface area contributed by atoms with Crippen LogP contribution in [-0.4, -0.2) is 9.13 Å². The minimum Gasteiger partial charge on any atom is -0.452 e. The molecule has 4 nitrogen and oxygen atoms in total. The van der Waals surface area contributed by atoms with Gasteiger partial charge in [-0.15, -0.1) is 0 Å². The van der Waals surface area contributed by atoms with E-state index in [9.17, 15) is 0 Å². The van der Waals surface area contributed by atoms with E-state index in [1.807, 2.05) is 0 Å². The standard InChI is InChI=1S/C54H44N2O2/c1-3-15-33(16-4-1)49-50(34-17-5-2-6-18-34)52-42-32-36(56-45-25-13-9-21-39(45)40-22-10-14-26-46(40)56)28-30-48(42)58-54(52)53-51(49)41-31-35(27-29-47(41)57-53)55-43-23-11-7-19-37(43)38-20-8-12-24-44(38)55/h7-14,19-34H,1-6,15-18H2. The van der Waals surface area contributed by atoms with Gasteiger partial charge in [0.05, 0.1) is 22.1 Å². The van der Waals surface area contributed by atoms with Crippen LogP contribution in [0.15, 0.2) is 142 Å². The number of fused-ring (bicyclic) bond motifs is 13. The average Bonchev–Trinajstić information content (AvgIpc) is 4.04. The lowest BCUT2D eigenvalue weighted by Gasteiger charge is -2.31. The Morgan fingerprint density at radius 2 is 0.707 bits per heavy atom. The maximum atomic E-state index is 7.13. The molecule has 0 bridgehead atoms. The Morgan fingerprint density at radius 3 is 1.07 bits per heavy atom. The lowest BCUT2D eigenvalue weighted by molar-refractivity contribution is 0.422. The van der Waals surface area contributed by atoms with Gasteiger partial charge in [0, 0.05) is 54.5 Å². The molecule has 7 aromatic carbocycles. The Labute approximate surface area is 336 Å². The molecule has 0 saturated heterocycles. The first-order valence-corrected chi connectivity index (χ1v) is 21.7. The fourth-order valence-corrected chi connectivity index (χ4v) is 11.6. The molecule has 0 N–H and O–H groups in total. The maximum Gasteiger partial charge on any atom is 0.178 e. The zero-order valence-electron chi connectivity index (χ0n) is 32.6. The van der Waals surface area contributed by atoms with Gasteiger partial charge in [-0.05, 0) is 109 Å². The molecule has 0 atom stereocenters. The summed E-state index contributed by atoms with van der Waals surface area (Å²) in [7, 11) is 0. The molecule has 58 heavy (non-hydrogen) atoms. The molecule has 2 aliphatic carbocycles. The fraction of sp³-hybridized carbons (Fsp3) is 0.222. The van der Waals surface area contributed by atoms with Crippen molar-refractivity contribution in [2.24, 2.45) is 0 Å². The topological polar surface area (TPSA) is 36.1 Å². The number of furan rings is 2. The van der Waals surface area contributed by atoms with Gasteiger partial charge in [-0.25, -0.2) is 0 Å². The fourth-order valence-electron chi connectivity index (χ4n) is 11.6. The van der Waals surface area contributed by atoms with Crippen LogP contribution in [0.4, 0.5) is 0 Å². The van der Waals surface area contributed by atoms with E-state index in [1.165, 1.54) is 141 Å². The molecule has 4 heterocycles. The van der Waals surface area contributed by atoms with E-state index in [4.69, 9.17) is 8.83 Å². The highest BCUT2D eigenvalue weighted by Crippen LogP contribution is 2.53. The Kier molecular flexibility index (Phi) is 7.13. The molecular formula is C54H44N2O2. The van der Waals surface area contributed by atoms with Crippen LogP contribution in [0.1, 0.15) is 87.2 Å². The van der Waals surface area contributed by atoms with Crippen LogP contribution in [0.2, 0.25) is 0 Å². The lowest BCUT2D eigenvalue weighted by Crippen LogP contribution is -2.13. The van der Waals surface area contributed by atoms with Gasteiger partial charge in [0.1, 0.15) is 11.2 Å². The molecule has 282 valence electrons. The Balaban J connectivity index is 1.14. The predicted octanol–water partition coefficient (Wildman–Crippen LogP) is 15.8. The summed E-state index contributed by atoms with van der Waals surface area (Å²) in [6, 6.07) is 49.1. The number of hydrogen-bond acceptors (Lipinski definition) is 2. The van der Waals surface area contributed by atoms with Crippen LogP contribution in [0.3, 0.4) is 0 Å². The zero-order chi connectivity index (χ0) is 37.9. The molecule has 0 amide bonds. The number of rotatable bonds is 4. The lowest BCUT2D eigenvalue weighted by atomic mass is 9.73. The zero-order valence-corrected chi connectivity index (χ0v) is 32.6. The van der Waals surface area contributed by atoms with Crippen molar-refractivity contribution in [1.82, 2.24) is 9.13 Å². The van der Waals surface area contributed by atoms with Crippen molar-refractivity contribution < 1.29 is 8.83 Å². The average molecular weight is 753 g/mol. The summed E-state index contributed by atoms with van der Waals surface area (Å²) in [6.07, 6.45) is 12.7. The highest BCUT2D eigenvalue weighted by atomic mass is 16.4. The van der Waals surface area contributed by atoms with E-state index in [2.05, 4.69) is 143 Å². The van der Waals surface area contributed by atoms with Gasteiger partial charge in [0.2, 0.25) is 0 Å². The first-order chi connectivity index (χ1) is 28.8. The SMILES string of the molecule is c1ccc2c(c1)c1ccccc1n2-c1ccc2oc3c4oc5ccc(-n6c7ccccc7c7ccccc76)cc5c4c(C4CCCCC4)c(C4CCCCC4)c3c2c1. The Bertz CT molecular complexity index is 3090. The summed E-state index contributed by atoms with van der Waals surface area (Å²) in [5, 5.41) is 10.1. The predicted molar refractivity (Wildman–Crippen MR) is 241 cm³/mol. The molecule has 4 aromatic heterocycles. The van der Waals surface area contributed by atoms with Crippen LogP contribution >= 0.6 is 0 Å². The van der Waals surface area contributed by atoms with Crippen LogP contribution in [0.5, 0.6) is 0 Å². The largest absolute Gasteiger partial charge is 0.452 e. The van der Waals surface area contributed by atoms with Gasteiger partial charge in [0.25, 0.3) is 0 Å². The van der Waals surface area contributed by atoms with Gasteiger partial charge in [-0.2, -0.15) is 0 Å². The first-order valence-electron chi connectivity index (χ1n) is 21.7. The van der Waals surface area contributed by atoms with Crippen molar-refractivity contribution in [3.63, 3.8) is 0 Å². The second-order valence-electron chi connectivity index (χ2n) is 17.2. The molecule has 0 radical (unpaired) electrons. The van der Waals surface area contributed by atoms with Gasteiger partial charge in [-0.3, -0.25) is 0 Å². The smallest absolute Gasteiger partial charge is 0.178 e. The number of para-hydroxylation sites is 4. The minimum absolute atomic E-state index is 0.487. The van der Waals surface area contributed by atoms with E-state index in [-0.39, 0.29) is 0 Å². The van der Waals surface area contributed by atoms with Crippen molar-refractivity contribution in [3.05, 3.63) is 145 Å². The third-order valence-electron chi connectivity index (χ3n) is 14.1. The summed E-state index contributed by atoms with van der Waals surface area (Å²) < 4.78 is 19.1. The summed E-state index contributed by atoms with van der Waals surface area (Å²) in [4.78, 5) is 0. The van der Waals surface area contributed by atoms with E-state index in [0.717, 1.165) is 22.3 Å². The van der Waals surface area contributed by atoms with Crippen LogP contribution in [0.25, 0.3) is 98.9 Å². The molecule has 11 aromatic rings. The summed E-state index contributed by atoms with van der Waals surface area (Å²) in [5.41, 5.74) is 14.1. The molecule has 0 unspecified atom stereocenters. The number of hydrogen-bond donors (Lipinski definition) is 0. The maximum absolute atomic E-state index is 7.13. The Hall–Kier alpha value is -6.26. The van der Waals surface area contributed by atoms with Crippen LogP contribution in [-0.2, 0) is 0 Å². The van der Waals surface area contributed by atoms with Crippen molar-refractivity contribution in [2.45, 2.75) is 76.0 Å². The van der Waals surface area contributed by atoms with E-state index in [1.54, 1.807) is 11.1 Å². The Morgan fingerprint density at radius 1 is 0.362 bits per heavy atom. The minimum atomic E-state index is 0.487. The summed E-state index contributed by atoms with van der Waals surface area (Å²) in [6.45, 7) is 0. The van der Waals surface area contributed by atoms with E-state index >= 15 is 0 Å². The molecule has 0 spiro atoms. The summed E-state index contributed by atoms with van der Waals surface area (Å²) >= 11 is 0. The van der Waals surface area contributed by atoms with Crippen LogP contribution in [0, 0.1) is 0 Å². The molecule has 4 heteroatoms. The van der Waals surface area contributed by atoms with Gasteiger partial charge in [0.15, 0.2) is 11.2 Å². The molecule has 13 rings (SSSR count). The quantitative estimate of drug-likeness (QED) is 0.179. The second kappa shape index (κ2) is 12.6. The number of nitrogens with zero attached hydrogens (tertiary/aromatic N) is 2. The second-order valence-corrected chi connectivity index (χ2v) is 17.2. The molecular weight excluding hydrogens is 709 g/mol. The molecule has 2 fully saturated rings. The van der Waals surface area contributed by atoms with Gasteiger partial charge >= 0.3 is 0 Å². The highest BCUT2D eigenvalue weighted by Gasteiger charge is 2.33. The molecule has 0 aliphatic heterocycles. The van der Waals surface area contributed by atoms with Gasteiger partial charge in [-0.1, -0.05) is 111 Å². The van der Waals surface area contributed by atoms with Crippen molar-refractivity contribution >= 4 is 87.5 Å². The first kappa shape index (κ1) is 32.8. The molecule has 2 aliphatic rings. The van der Waals surface area contributed by atoms with Crippen molar-refractivity contribution in [2.75, 3.05) is 0 Å². The van der Waals surface area contributed by atoms with Crippen LogP contribution < -0.4 is 0 Å². The third kappa shape index (κ3) is 4.63. The van der Waals surface area contributed by atoms with Crippen molar-refractivity contribution in [3.8, 4) is 11.4 Å². The van der Waals surface area contributed by atoms with Crippen molar-refractivity contribution in [1.29, 1.82) is 0 Å².